The maximum atomic E-state index is 6.16. The Kier molecular flexibility index (Phi) is 8.79. The molecule has 0 saturated carbocycles. The van der Waals surface area contributed by atoms with Gasteiger partial charge in [-0.15, -0.1) is 0 Å². The van der Waals surface area contributed by atoms with Crippen LogP contribution in [0.3, 0.4) is 0 Å². The van der Waals surface area contributed by atoms with E-state index in [4.69, 9.17) is 33.7 Å². The Morgan fingerprint density at radius 3 is 2.46 bits per heavy atom. The van der Waals surface area contributed by atoms with Crippen molar-refractivity contribution in [2.45, 2.75) is 13.5 Å². The van der Waals surface area contributed by atoms with Crippen molar-refractivity contribution >= 4 is 52.3 Å². The third-order valence-corrected chi connectivity index (χ3v) is 6.05. The topological polar surface area (TPSA) is 109 Å². The number of methoxy groups -OCH3 is 1. The van der Waals surface area contributed by atoms with E-state index in [1.54, 1.807) is 25.3 Å². The maximum Gasteiger partial charge on any atom is 0.255 e. The highest BCUT2D eigenvalue weighted by Gasteiger charge is 2.10. The maximum absolute atomic E-state index is 6.16. The second-order valence-corrected chi connectivity index (χ2v) is 8.80. The van der Waals surface area contributed by atoms with Crippen molar-refractivity contribution in [3.63, 3.8) is 0 Å². The molecule has 5 N–H and O–H groups in total. The molecule has 0 fully saturated rings. The Hall–Kier alpha value is -3.85. The second kappa shape index (κ2) is 12.4. The van der Waals surface area contributed by atoms with E-state index in [-0.39, 0.29) is 11.9 Å². The van der Waals surface area contributed by atoms with Gasteiger partial charge in [-0.1, -0.05) is 60.5 Å². The molecular formula is C27H27Cl2N7O. The molecule has 0 bridgehead atoms. The summed E-state index contributed by atoms with van der Waals surface area (Å²) in [4.78, 5) is 13.6. The highest BCUT2D eigenvalue weighted by atomic mass is 35.5. The molecule has 37 heavy (non-hydrogen) atoms. The number of nitrogens with two attached hydrogens (primary N) is 1. The lowest BCUT2D eigenvalue weighted by Crippen LogP contribution is -2.22. The number of ether oxygens (including phenoxy) is 1. The number of aromatic nitrogens is 2. The average Bonchev–Trinajstić information content (AvgIpc) is 2.90. The van der Waals surface area contributed by atoms with Gasteiger partial charge < -0.3 is 26.4 Å². The van der Waals surface area contributed by atoms with Crippen LogP contribution < -0.4 is 26.4 Å². The number of aliphatic imine (C=N–C) groups is 1. The fourth-order valence-electron chi connectivity index (χ4n) is 3.56. The minimum absolute atomic E-state index is 0.104. The fourth-order valence-corrected chi connectivity index (χ4v) is 3.86. The summed E-state index contributed by atoms with van der Waals surface area (Å²) in [5.41, 5.74) is 10.3. The lowest BCUT2D eigenvalue weighted by atomic mass is 10.1. The van der Waals surface area contributed by atoms with E-state index in [0.29, 0.717) is 33.8 Å². The zero-order valence-corrected chi connectivity index (χ0v) is 21.9. The summed E-state index contributed by atoms with van der Waals surface area (Å²) in [5, 5.41) is 10.5. The van der Waals surface area contributed by atoms with E-state index in [0.717, 1.165) is 29.1 Å². The molecule has 0 aliphatic heterocycles. The zero-order valence-electron chi connectivity index (χ0n) is 20.4. The predicted molar refractivity (Wildman–Crippen MR) is 152 cm³/mol. The van der Waals surface area contributed by atoms with Gasteiger partial charge in [0.2, 0.25) is 5.96 Å². The van der Waals surface area contributed by atoms with E-state index in [1.807, 2.05) is 54.6 Å². The van der Waals surface area contributed by atoms with E-state index in [2.05, 4.69) is 37.8 Å². The Balaban J connectivity index is 1.66. The second-order valence-electron chi connectivity index (χ2n) is 7.99. The molecule has 0 saturated heterocycles. The molecule has 0 unspecified atom stereocenters. The number of rotatable bonds is 9. The monoisotopic (exact) mass is 535 g/mol. The molecule has 4 rings (SSSR count). The van der Waals surface area contributed by atoms with Crippen molar-refractivity contribution in [3.8, 4) is 17.0 Å². The standard InChI is InChI=1S/C27H27Cl2N7O/c1-3-31-16-18-13-19(10-12-24(18)37-2)32-25-15-23(17-7-5-4-6-8-17)34-27(35-25)36-26(30)33-20-9-11-21(28)22(29)14-20/h4-15,31H,3,16H2,1-2H3,(H4,30,32,33,34,35,36). The van der Waals surface area contributed by atoms with Gasteiger partial charge in [0.15, 0.2) is 0 Å². The predicted octanol–water partition coefficient (Wildman–Crippen LogP) is 6.37. The largest absolute Gasteiger partial charge is 0.496 e. The number of halogens is 2. The summed E-state index contributed by atoms with van der Waals surface area (Å²) in [6, 6.07) is 22.6. The summed E-state index contributed by atoms with van der Waals surface area (Å²) in [5.74, 6) is 1.67. The van der Waals surface area contributed by atoms with Crippen molar-refractivity contribution in [1.29, 1.82) is 0 Å². The Bertz CT molecular complexity index is 1400. The van der Waals surface area contributed by atoms with Crippen molar-refractivity contribution < 1.29 is 4.74 Å². The molecule has 190 valence electrons. The van der Waals surface area contributed by atoms with E-state index < -0.39 is 0 Å². The van der Waals surface area contributed by atoms with Crippen molar-refractivity contribution in [2.75, 3.05) is 24.3 Å². The highest BCUT2D eigenvalue weighted by molar-refractivity contribution is 6.42. The van der Waals surface area contributed by atoms with Gasteiger partial charge in [0.25, 0.3) is 5.95 Å². The van der Waals surface area contributed by atoms with Gasteiger partial charge in [0.05, 0.1) is 22.8 Å². The number of nitrogens with zero attached hydrogens (tertiary/aromatic N) is 3. The van der Waals surface area contributed by atoms with Crippen LogP contribution in [0.2, 0.25) is 10.0 Å². The molecule has 10 heteroatoms. The highest BCUT2D eigenvalue weighted by Crippen LogP contribution is 2.28. The van der Waals surface area contributed by atoms with Gasteiger partial charge in [-0.2, -0.15) is 9.98 Å². The van der Waals surface area contributed by atoms with Crippen LogP contribution in [0.4, 0.5) is 23.1 Å². The van der Waals surface area contributed by atoms with Gasteiger partial charge in [-0.05, 0) is 42.9 Å². The van der Waals surface area contributed by atoms with Crippen LogP contribution >= 0.6 is 23.2 Å². The first kappa shape index (κ1) is 26.2. The first-order valence-electron chi connectivity index (χ1n) is 11.6. The molecular weight excluding hydrogens is 509 g/mol. The van der Waals surface area contributed by atoms with Crippen LogP contribution in [0.1, 0.15) is 12.5 Å². The van der Waals surface area contributed by atoms with Crippen molar-refractivity contribution in [2.24, 2.45) is 10.7 Å². The summed E-state index contributed by atoms with van der Waals surface area (Å²) in [6.07, 6.45) is 0. The van der Waals surface area contributed by atoms with Crippen LogP contribution in [0.15, 0.2) is 77.8 Å². The van der Waals surface area contributed by atoms with Crippen LogP contribution in [-0.4, -0.2) is 29.6 Å². The molecule has 3 aromatic carbocycles. The fraction of sp³-hybridized carbons (Fsp3) is 0.148. The Labute approximate surface area is 225 Å². The quantitative estimate of drug-likeness (QED) is 0.145. The summed E-state index contributed by atoms with van der Waals surface area (Å²) in [7, 11) is 1.66. The molecule has 1 heterocycles. The molecule has 8 nitrogen and oxygen atoms in total. The molecule has 1 aromatic heterocycles. The summed E-state index contributed by atoms with van der Waals surface area (Å²) in [6.45, 7) is 3.59. The van der Waals surface area contributed by atoms with E-state index >= 15 is 0 Å². The first-order chi connectivity index (χ1) is 17.9. The van der Waals surface area contributed by atoms with Crippen molar-refractivity contribution in [1.82, 2.24) is 15.3 Å². The number of hydrogen-bond acceptors (Lipinski definition) is 6. The van der Waals surface area contributed by atoms with Crippen LogP contribution in [-0.2, 0) is 6.54 Å². The molecule has 4 aromatic rings. The third kappa shape index (κ3) is 7.10. The number of benzene rings is 3. The van der Waals surface area contributed by atoms with Gasteiger partial charge in [-0.25, -0.2) is 4.98 Å². The van der Waals surface area contributed by atoms with Crippen LogP contribution in [0.25, 0.3) is 11.3 Å². The molecule has 0 aliphatic carbocycles. The number of anilines is 3. The number of guanidine groups is 1. The molecule has 0 spiro atoms. The zero-order chi connectivity index (χ0) is 26.2. The molecule has 0 radical (unpaired) electrons. The van der Waals surface area contributed by atoms with Gasteiger partial charge >= 0.3 is 0 Å². The lowest BCUT2D eigenvalue weighted by molar-refractivity contribution is 0.408. The normalized spacial score (nSPS) is 11.3. The number of hydrogen-bond donors (Lipinski definition) is 4. The average molecular weight is 536 g/mol. The van der Waals surface area contributed by atoms with Crippen LogP contribution in [0, 0.1) is 0 Å². The van der Waals surface area contributed by atoms with Gasteiger partial charge in [-0.3, -0.25) is 0 Å². The molecule has 0 amide bonds. The Morgan fingerprint density at radius 2 is 1.73 bits per heavy atom. The molecule has 0 aliphatic rings. The number of nitrogens with one attached hydrogen (secondary N) is 3. The smallest absolute Gasteiger partial charge is 0.255 e. The minimum Gasteiger partial charge on any atom is -0.496 e. The minimum atomic E-state index is 0.104. The van der Waals surface area contributed by atoms with Gasteiger partial charge in [0.1, 0.15) is 11.6 Å². The SMILES string of the molecule is CCNCc1cc(Nc2cc(-c3ccccc3)nc(N=C(N)Nc3ccc(Cl)c(Cl)c3)n2)ccc1OC. The van der Waals surface area contributed by atoms with E-state index in [1.165, 1.54) is 0 Å². The van der Waals surface area contributed by atoms with Crippen molar-refractivity contribution in [3.05, 3.63) is 88.4 Å². The van der Waals surface area contributed by atoms with Crippen LogP contribution in [0.5, 0.6) is 5.75 Å². The third-order valence-electron chi connectivity index (χ3n) is 5.31. The Morgan fingerprint density at radius 1 is 0.946 bits per heavy atom. The summed E-state index contributed by atoms with van der Waals surface area (Å²) >= 11 is 12.1. The van der Waals surface area contributed by atoms with Gasteiger partial charge in [0, 0.05) is 35.1 Å². The lowest BCUT2D eigenvalue weighted by Gasteiger charge is -2.13. The van der Waals surface area contributed by atoms with E-state index in [9.17, 15) is 0 Å². The summed E-state index contributed by atoms with van der Waals surface area (Å²) < 4.78 is 5.50. The molecule has 0 atom stereocenters. The first-order valence-corrected chi connectivity index (χ1v) is 12.4.